The lowest BCUT2D eigenvalue weighted by Crippen LogP contribution is -2.38. The molecule has 0 saturated carbocycles. The van der Waals surface area contributed by atoms with Crippen LogP contribution in [-0.4, -0.2) is 43.6 Å². The van der Waals surface area contributed by atoms with Gasteiger partial charge in [-0.25, -0.2) is 4.98 Å². The number of nitrogens with two attached hydrogens (primary N) is 1. The van der Waals surface area contributed by atoms with Crippen molar-refractivity contribution in [2.75, 3.05) is 32.5 Å². The molecule has 0 aliphatic carbocycles. The van der Waals surface area contributed by atoms with Gasteiger partial charge in [-0.3, -0.25) is 9.59 Å². The highest BCUT2D eigenvalue weighted by Gasteiger charge is 2.10. The van der Waals surface area contributed by atoms with Crippen LogP contribution in [0.4, 0.5) is 5.82 Å². The zero-order valence-corrected chi connectivity index (χ0v) is 10.1. The number of amides is 2. The molecule has 4 N–H and O–H groups in total. The van der Waals surface area contributed by atoms with Crippen LogP contribution in [0.1, 0.15) is 10.4 Å². The van der Waals surface area contributed by atoms with Crippen molar-refractivity contribution < 1.29 is 14.3 Å². The summed E-state index contributed by atoms with van der Waals surface area (Å²) in [7, 11) is 1.54. The van der Waals surface area contributed by atoms with Gasteiger partial charge in [0.15, 0.2) is 0 Å². The van der Waals surface area contributed by atoms with Crippen LogP contribution in [0.5, 0.6) is 0 Å². The van der Waals surface area contributed by atoms with E-state index in [9.17, 15) is 9.59 Å². The van der Waals surface area contributed by atoms with Gasteiger partial charge in [0, 0.05) is 19.9 Å². The number of carbonyl (C=O) groups is 2. The Morgan fingerprint density at radius 2 is 2.22 bits per heavy atom. The fraction of sp³-hybridized carbons (Fsp3) is 0.364. The second kappa shape index (κ2) is 7.23. The average molecular weight is 252 g/mol. The molecule has 0 atom stereocenters. The summed E-state index contributed by atoms with van der Waals surface area (Å²) < 4.78 is 4.78. The second-order valence-electron chi connectivity index (χ2n) is 3.46. The minimum atomic E-state index is -0.428. The molecule has 0 bridgehead atoms. The van der Waals surface area contributed by atoms with Crippen molar-refractivity contribution in [3.05, 3.63) is 23.9 Å². The molecule has 0 unspecified atom stereocenters. The van der Waals surface area contributed by atoms with Crippen molar-refractivity contribution in [3.63, 3.8) is 0 Å². The first-order valence-electron chi connectivity index (χ1n) is 5.39. The maximum absolute atomic E-state index is 11.7. The maximum Gasteiger partial charge on any atom is 0.255 e. The Kier molecular flexibility index (Phi) is 5.59. The van der Waals surface area contributed by atoms with Gasteiger partial charge in [-0.1, -0.05) is 0 Å². The Labute approximate surface area is 105 Å². The van der Waals surface area contributed by atoms with Crippen LogP contribution in [0.2, 0.25) is 0 Å². The van der Waals surface area contributed by atoms with Crippen LogP contribution >= 0.6 is 0 Å². The molecule has 98 valence electrons. The van der Waals surface area contributed by atoms with Crippen molar-refractivity contribution in [2.24, 2.45) is 0 Å². The summed E-state index contributed by atoms with van der Waals surface area (Å²) in [6.45, 7) is 0.715. The van der Waals surface area contributed by atoms with Crippen molar-refractivity contribution >= 4 is 17.6 Å². The minimum absolute atomic E-state index is 0.114. The van der Waals surface area contributed by atoms with Crippen LogP contribution in [0, 0.1) is 0 Å². The van der Waals surface area contributed by atoms with Gasteiger partial charge < -0.3 is 21.1 Å². The van der Waals surface area contributed by atoms with Gasteiger partial charge in [-0.15, -0.1) is 0 Å². The van der Waals surface area contributed by atoms with Crippen LogP contribution in [0.15, 0.2) is 18.3 Å². The Hall–Kier alpha value is -2.15. The lowest BCUT2D eigenvalue weighted by atomic mass is 10.2. The van der Waals surface area contributed by atoms with Gasteiger partial charge in [0.25, 0.3) is 5.91 Å². The van der Waals surface area contributed by atoms with Gasteiger partial charge in [-0.05, 0) is 12.1 Å². The molecule has 1 aromatic rings. The van der Waals surface area contributed by atoms with E-state index >= 15 is 0 Å². The lowest BCUT2D eigenvalue weighted by molar-refractivity contribution is -0.120. The highest BCUT2D eigenvalue weighted by atomic mass is 16.5. The molecule has 1 aromatic heterocycles. The molecule has 1 rings (SSSR count). The predicted octanol–water partition coefficient (Wildman–Crippen LogP) is -0.844. The molecule has 1 heterocycles. The monoisotopic (exact) mass is 252 g/mol. The van der Waals surface area contributed by atoms with Crippen molar-refractivity contribution in [1.29, 1.82) is 0 Å². The molecule has 0 fully saturated rings. The van der Waals surface area contributed by atoms with Gasteiger partial charge in [0.1, 0.15) is 5.82 Å². The number of pyridine rings is 1. The number of hydrogen-bond donors (Lipinski definition) is 3. The third-order valence-electron chi connectivity index (χ3n) is 2.12. The summed E-state index contributed by atoms with van der Waals surface area (Å²) in [6, 6.07) is 3.14. The number of nitrogens with zero attached hydrogens (tertiary/aromatic N) is 1. The number of aromatic nitrogens is 1. The van der Waals surface area contributed by atoms with Gasteiger partial charge in [0.2, 0.25) is 5.91 Å². The van der Waals surface area contributed by atoms with E-state index in [1.807, 2.05) is 0 Å². The molecule has 0 radical (unpaired) electrons. The summed E-state index contributed by atoms with van der Waals surface area (Å²) >= 11 is 0. The molecular formula is C11H16N4O3. The van der Waals surface area contributed by atoms with Gasteiger partial charge in [-0.2, -0.15) is 0 Å². The van der Waals surface area contributed by atoms with E-state index in [0.717, 1.165) is 0 Å². The zero-order valence-electron chi connectivity index (χ0n) is 10.1. The van der Waals surface area contributed by atoms with E-state index in [2.05, 4.69) is 15.6 Å². The predicted molar refractivity (Wildman–Crippen MR) is 65.9 cm³/mol. The first-order chi connectivity index (χ1) is 8.65. The smallest absolute Gasteiger partial charge is 0.255 e. The third kappa shape index (κ3) is 4.38. The number of hydrogen-bond acceptors (Lipinski definition) is 5. The number of methoxy groups -OCH3 is 1. The molecule has 0 spiro atoms. The van der Waals surface area contributed by atoms with E-state index in [4.69, 9.17) is 10.5 Å². The highest BCUT2D eigenvalue weighted by molar-refractivity contribution is 5.99. The summed E-state index contributed by atoms with van der Waals surface area (Å²) in [4.78, 5) is 26.8. The molecule has 0 saturated heterocycles. The first-order valence-corrected chi connectivity index (χ1v) is 5.39. The molecular weight excluding hydrogens is 236 g/mol. The third-order valence-corrected chi connectivity index (χ3v) is 2.12. The van der Waals surface area contributed by atoms with Crippen LogP contribution < -0.4 is 16.4 Å². The minimum Gasteiger partial charge on any atom is -0.383 e. The quantitative estimate of drug-likeness (QED) is 0.572. The van der Waals surface area contributed by atoms with Crippen molar-refractivity contribution in [2.45, 2.75) is 0 Å². The van der Waals surface area contributed by atoms with Gasteiger partial charge in [0.05, 0.1) is 18.7 Å². The Bertz CT molecular complexity index is 423. The van der Waals surface area contributed by atoms with Crippen LogP contribution in [0.3, 0.4) is 0 Å². The largest absolute Gasteiger partial charge is 0.383 e. The normalized spacial score (nSPS) is 9.83. The molecule has 18 heavy (non-hydrogen) atoms. The zero-order chi connectivity index (χ0) is 13.4. The number of ether oxygens (including phenoxy) is 1. The topological polar surface area (TPSA) is 106 Å². The highest BCUT2D eigenvalue weighted by Crippen LogP contribution is 2.05. The fourth-order valence-electron chi connectivity index (χ4n) is 1.22. The van der Waals surface area contributed by atoms with Crippen LogP contribution in [-0.2, 0) is 9.53 Å². The van der Waals surface area contributed by atoms with Crippen molar-refractivity contribution in [1.82, 2.24) is 15.6 Å². The number of anilines is 1. The number of rotatable bonds is 6. The van der Waals surface area contributed by atoms with E-state index in [1.165, 1.54) is 6.20 Å². The number of nitrogens with one attached hydrogen (secondary N) is 2. The first kappa shape index (κ1) is 13.9. The Morgan fingerprint density at radius 1 is 1.44 bits per heavy atom. The summed E-state index contributed by atoms with van der Waals surface area (Å²) in [5.74, 6) is -0.583. The standard InChI is InChI=1S/C11H16N4O3/c1-18-6-5-13-9(16)7-15-11(17)8-3-2-4-14-10(8)12/h2-4H,5-7H2,1H3,(H2,12,14)(H,13,16)(H,15,17). The Balaban J connectivity index is 2.38. The molecule has 0 aliphatic heterocycles. The van der Waals surface area contributed by atoms with E-state index in [-0.39, 0.29) is 23.8 Å². The summed E-state index contributed by atoms with van der Waals surface area (Å²) in [5.41, 5.74) is 5.79. The van der Waals surface area contributed by atoms with E-state index in [0.29, 0.717) is 13.2 Å². The Morgan fingerprint density at radius 3 is 2.89 bits per heavy atom. The second-order valence-corrected chi connectivity index (χ2v) is 3.46. The molecule has 7 heteroatoms. The molecule has 0 aromatic carbocycles. The molecule has 2 amide bonds. The number of carbonyl (C=O) groups excluding carboxylic acids is 2. The average Bonchev–Trinajstić information content (AvgIpc) is 2.37. The van der Waals surface area contributed by atoms with E-state index < -0.39 is 5.91 Å². The molecule has 0 aliphatic rings. The van der Waals surface area contributed by atoms with Crippen molar-refractivity contribution in [3.8, 4) is 0 Å². The van der Waals surface area contributed by atoms with Crippen LogP contribution in [0.25, 0.3) is 0 Å². The van der Waals surface area contributed by atoms with E-state index in [1.54, 1.807) is 19.2 Å². The lowest BCUT2D eigenvalue weighted by Gasteiger charge is -2.07. The maximum atomic E-state index is 11.7. The SMILES string of the molecule is COCCNC(=O)CNC(=O)c1cccnc1N. The summed E-state index contributed by atoms with van der Waals surface area (Å²) in [5, 5.41) is 5.03. The summed E-state index contributed by atoms with van der Waals surface area (Å²) in [6.07, 6.45) is 1.49. The van der Waals surface area contributed by atoms with Gasteiger partial charge >= 0.3 is 0 Å². The fourth-order valence-corrected chi connectivity index (χ4v) is 1.22. The number of nitrogen functional groups attached to an aromatic ring is 1. The molecule has 7 nitrogen and oxygen atoms in total.